The van der Waals surface area contributed by atoms with E-state index in [-0.39, 0.29) is 24.2 Å². The van der Waals surface area contributed by atoms with Crippen molar-refractivity contribution >= 4 is 22.4 Å². The SMILES string of the molecule is NC(=O)c1csc(N2CCN(Cc3ccccc3F)[C@H](CCO)C2)n1. The molecule has 1 amide bonds. The Morgan fingerprint density at radius 2 is 2.20 bits per heavy atom. The van der Waals surface area contributed by atoms with E-state index in [0.29, 0.717) is 25.1 Å². The summed E-state index contributed by atoms with van der Waals surface area (Å²) in [6.07, 6.45) is 0.596. The predicted molar refractivity (Wildman–Crippen MR) is 95.1 cm³/mol. The summed E-state index contributed by atoms with van der Waals surface area (Å²) in [6.45, 7) is 2.69. The Labute approximate surface area is 149 Å². The molecule has 6 nitrogen and oxygen atoms in total. The summed E-state index contributed by atoms with van der Waals surface area (Å²) in [4.78, 5) is 19.8. The van der Waals surface area contributed by atoms with Crippen molar-refractivity contribution in [1.29, 1.82) is 0 Å². The Kier molecular flexibility index (Phi) is 5.62. The number of hydrogen-bond donors (Lipinski definition) is 2. The quantitative estimate of drug-likeness (QED) is 0.811. The number of thiazole rings is 1. The molecule has 0 aliphatic carbocycles. The second kappa shape index (κ2) is 7.90. The van der Waals surface area contributed by atoms with Gasteiger partial charge in [0.25, 0.3) is 5.91 Å². The molecule has 0 unspecified atom stereocenters. The number of amides is 1. The number of carbonyl (C=O) groups is 1. The molecule has 1 fully saturated rings. The van der Waals surface area contributed by atoms with E-state index < -0.39 is 5.91 Å². The predicted octanol–water partition coefficient (Wildman–Crippen LogP) is 1.45. The molecule has 134 valence electrons. The first-order chi connectivity index (χ1) is 12.1. The molecule has 0 bridgehead atoms. The summed E-state index contributed by atoms with van der Waals surface area (Å²) < 4.78 is 13.9. The second-order valence-electron chi connectivity index (χ2n) is 6.05. The number of rotatable bonds is 6. The van der Waals surface area contributed by atoms with Gasteiger partial charge in [-0.2, -0.15) is 0 Å². The van der Waals surface area contributed by atoms with Crippen LogP contribution < -0.4 is 10.6 Å². The van der Waals surface area contributed by atoms with E-state index in [4.69, 9.17) is 5.73 Å². The van der Waals surface area contributed by atoms with Gasteiger partial charge in [0, 0.05) is 49.8 Å². The van der Waals surface area contributed by atoms with Crippen molar-refractivity contribution in [2.24, 2.45) is 5.73 Å². The van der Waals surface area contributed by atoms with Gasteiger partial charge in [0.05, 0.1) is 0 Å². The molecule has 1 aromatic carbocycles. The first kappa shape index (κ1) is 17.8. The Balaban J connectivity index is 1.71. The van der Waals surface area contributed by atoms with Crippen molar-refractivity contribution in [3.63, 3.8) is 0 Å². The molecule has 0 saturated carbocycles. The number of hydrogen-bond acceptors (Lipinski definition) is 6. The number of aliphatic hydroxyl groups excluding tert-OH is 1. The number of benzene rings is 1. The molecule has 1 aliphatic heterocycles. The van der Waals surface area contributed by atoms with E-state index in [0.717, 1.165) is 18.2 Å². The van der Waals surface area contributed by atoms with E-state index in [1.807, 2.05) is 6.07 Å². The van der Waals surface area contributed by atoms with Crippen molar-refractivity contribution in [3.05, 3.63) is 46.7 Å². The minimum Gasteiger partial charge on any atom is -0.396 e. The number of nitrogens with two attached hydrogens (primary N) is 1. The van der Waals surface area contributed by atoms with Crippen molar-refractivity contribution in [1.82, 2.24) is 9.88 Å². The Morgan fingerprint density at radius 3 is 2.88 bits per heavy atom. The van der Waals surface area contributed by atoms with Gasteiger partial charge in [0.1, 0.15) is 11.5 Å². The van der Waals surface area contributed by atoms with Crippen LogP contribution in [-0.2, 0) is 6.54 Å². The van der Waals surface area contributed by atoms with Crippen LogP contribution >= 0.6 is 11.3 Å². The van der Waals surface area contributed by atoms with Crippen LogP contribution in [-0.4, -0.2) is 53.2 Å². The smallest absolute Gasteiger partial charge is 0.268 e. The number of piperazine rings is 1. The second-order valence-corrected chi connectivity index (χ2v) is 6.89. The van der Waals surface area contributed by atoms with Gasteiger partial charge in [-0.25, -0.2) is 9.37 Å². The van der Waals surface area contributed by atoms with Crippen molar-refractivity contribution < 1.29 is 14.3 Å². The summed E-state index contributed by atoms with van der Waals surface area (Å²) >= 11 is 1.39. The maximum Gasteiger partial charge on any atom is 0.268 e. The van der Waals surface area contributed by atoms with E-state index >= 15 is 0 Å². The average molecular weight is 364 g/mol. The molecular formula is C17H21FN4O2S. The summed E-state index contributed by atoms with van der Waals surface area (Å²) in [5, 5.41) is 11.8. The maximum absolute atomic E-state index is 13.9. The van der Waals surface area contributed by atoms with Gasteiger partial charge in [0.15, 0.2) is 5.13 Å². The van der Waals surface area contributed by atoms with Gasteiger partial charge in [-0.3, -0.25) is 9.69 Å². The Morgan fingerprint density at radius 1 is 1.40 bits per heavy atom. The lowest BCUT2D eigenvalue weighted by atomic mass is 10.1. The van der Waals surface area contributed by atoms with Crippen molar-refractivity contribution in [2.75, 3.05) is 31.1 Å². The number of aromatic nitrogens is 1. The molecule has 8 heteroatoms. The molecule has 0 spiro atoms. The van der Waals surface area contributed by atoms with Crippen molar-refractivity contribution in [2.45, 2.75) is 19.0 Å². The van der Waals surface area contributed by atoms with Crippen LogP contribution in [0.5, 0.6) is 0 Å². The molecule has 2 heterocycles. The lowest BCUT2D eigenvalue weighted by molar-refractivity contribution is 0.0996. The van der Waals surface area contributed by atoms with Gasteiger partial charge in [-0.15, -0.1) is 11.3 Å². The molecule has 1 aromatic heterocycles. The molecule has 1 aliphatic rings. The number of aliphatic hydroxyl groups is 1. The Hall–Kier alpha value is -2.03. The third-order valence-corrected chi connectivity index (χ3v) is 5.31. The fourth-order valence-corrected chi connectivity index (χ4v) is 3.92. The first-order valence-corrected chi connectivity index (χ1v) is 9.05. The normalized spacial score (nSPS) is 18.5. The third-order valence-electron chi connectivity index (χ3n) is 4.41. The van der Waals surface area contributed by atoms with E-state index in [1.165, 1.54) is 17.4 Å². The van der Waals surface area contributed by atoms with Gasteiger partial charge < -0.3 is 15.7 Å². The van der Waals surface area contributed by atoms with Crippen LogP contribution in [0.3, 0.4) is 0 Å². The highest BCUT2D eigenvalue weighted by Gasteiger charge is 2.28. The number of halogens is 1. The number of carbonyl (C=O) groups excluding carboxylic acids is 1. The monoisotopic (exact) mass is 364 g/mol. The van der Waals surface area contributed by atoms with Gasteiger partial charge >= 0.3 is 0 Å². The summed E-state index contributed by atoms with van der Waals surface area (Å²) in [6, 6.07) is 6.85. The fourth-order valence-electron chi connectivity index (χ4n) is 3.07. The van der Waals surface area contributed by atoms with E-state index in [2.05, 4.69) is 14.8 Å². The summed E-state index contributed by atoms with van der Waals surface area (Å²) in [5.41, 5.74) is 6.19. The minimum atomic E-state index is -0.535. The molecule has 1 saturated heterocycles. The highest BCUT2D eigenvalue weighted by molar-refractivity contribution is 7.13. The zero-order chi connectivity index (χ0) is 17.8. The third kappa shape index (κ3) is 4.15. The van der Waals surface area contributed by atoms with Crippen LogP contribution in [0.15, 0.2) is 29.6 Å². The number of nitrogens with zero attached hydrogens (tertiary/aromatic N) is 3. The van der Waals surface area contributed by atoms with Crippen LogP contribution in [0.2, 0.25) is 0 Å². The molecule has 0 radical (unpaired) electrons. The Bertz CT molecular complexity index is 739. The molecule has 2 aromatic rings. The number of primary amides is 1. The average Bonchev–Trinajstić information content (AvgIpc) is 3.09. The van der Waals surface area contributed by atoms with E-state index in [9.17, 15) is 14.3 Å². The van der Waals surface area contributed by atoms with Crippen LogP contribution in [0.1, 0.15) is 22.5 Å². The lowest BCUT2D eigenvalue weighted by Gasteiger charge is -2.41. The highest BCUT2D eigenvalue weighted by atomic mass is 32.1. The lowest BCUT2D eigenvalue weighted by Crippen LogP contribution is -2.53. The van der Waals surface area contributed by atoms with Crippen molar-refractivity contribution in [3.8, 4) is 0 Å². The molecule has 1 atom stereocenters. The van der Waals surface area contributed by atoms with Crippen LogP contribution in [0.25, 0.3) is 0 Å². The molecule has 25 heavy (non-hydrogen) atoms. The highest BCUT2D eigenvalue weighted by Crippen LogP contribution is 2.25. The van der Waals surface area contributed by atoms with Gasteiger partial charge in [0.2, 0.25) is 0 Å². The summed E-state index contributed by atoms with van der Waals surface area (Å²) in [7, 11) is 0. The topological polar surface area (TPSA) is 82.7 Å². The zero-order valence-corrected chi connectivity index (χ0v) is 14.6. The van der Waals surface area contributed by atoms with Crippen LogP contribution in [0.4, 0.5) is 9.52 Å². The van der Waals surface area contributed by atoms with Gasteiger partial charge in [-0.1, -0.05) is 18.2 Å². The molecule has 3 rings (SSSR count). The van der Waals surface area contributed by atoms with E-state index in [1.54, 1.807) is 17.5 Å². The fraction of sp³-hybridized carbons (Fsp3) is 0.412. The maximum atomic E-state index is 13.9. The van der Waals surface area contributed by atoms with Crippen LogP contribution in [0, 0.1) is 5.82 Å². The minimum absolute atomic E-state index is 0.0662. The standard InChI is InChI=1S/C17H21FN4O2S/c18-14-4-2-1-3-12(14)9-21-6-7-22(10-13(21)5-8-23)17-20-15(11-25-17)16(19)24/h1-4,11,13,23H,5-10H2,(H2,19,24)/t13-/m1/s1. The zero-order valence-electron chi connectivity index (χ0n) is 13.8. The van der Waals surface area contributed by atoms with Gasteiger partial charge in [-0.05, 0) is 12.5 Å². The summed E-state index contributed by atoms with van der Waals surface area (Å²) in [5.74, 6) is -0.744. The number of anilines is 1. The first-order valence-electron chi connectivity index (χ1n) is 8.17. The molecule has 3 N–H and O–H groups in total. The molecular weight excluding hydrogens is 343 g/mol. The largest absolute Gasteiger partial charge is 0.396 e.